The van der Waals surface area contributed by atoms with Crippen molar-refractivity contribution in [3.05, 3.63) is 71.0 Å². The third kappa shape index (κ3) is 3.77. The standard InChI is InChI=1S/C23H27FN2O4S/c1-15-7-10-21(16-5-3-2-4-6-16)31(29,30)26(15)14-17-8-9-18(11-20(17)24)23(22(25)28)12-19(27)13-23/h2-6,8-9,11,15,19,21,27H,7,10,12-14H2,1H3,(H2,25,28)/t15-,19-,21+,23-/m0/s1. The maximum Gasteiger partial charge on any atom is 0.228 e. The number of sulfonamides is 1. The minimum absolute atomic E-state index is 0.0782. The molecule has 0 unspecified atom stereocenters. The molecule has 2 aromatic rings. The Hall–Kier alpha value is -2.29. The molecule has 3 N–H and O–H groups in total. The van der Waals surface area contributed by atoms with Gasteiger partial charge in [0, 0.05) is 18.2 Å². The van der Waals surface area contributed by atoms with E-state index in [1.54, 1.807) is 6.07 Å². The van der Waals surface area contributed by atoms with Crippen LogP contribution in [0.25, 0.3) is 0 Å². The summed E-state index contributed by atoms with van der Waals surface area (Å²) in [7, 11) is -3.67. The minimum atomic E-state index is -3.67. The summed E-state index contributed by atoms with van der Waals surface area (Å²) in [5, 5.41) is 9.01. The van der Waals surface area contributed by atoms with Crippen molar-refractivity contribution in [1.29, 1.82) is 0 Å². The summed E-state index contributed by atoms with van der Waals surface area (Å²) in [6, 6.07) is 13.2. The van der Waals surface area contributed by atoms with Gasteiger partial charge in [-0.05, 0) is 49.8 Å². The number of aliphatic hydroxyl groups is 1. The Morgan fingerprint density at radius 3 is 2.45 bits per heavy atom. The molecule has 1 aliphatic carbocycles. The zero-order valence-electron chi connectivity index (χ0n) is 17.4. The van der Waals surface area contributed by atoms with Gasteiger partial charge in [-0.2, -0.15) is 4.31 Å². The summed E-state index contributed by atoms with van der Waals surface area (Å²) in [5.41, 5.74) is 5.86. The fourth-order valence-corrected chi connectivity index (χ4v) is 7.00. The monoisotopic (exact) mass is 446 g/mol. The fraction of sp³-hybridized carbons (Fsp3) is 0.435. The van der Waals surface area contributed by atoms with Crippen molar-refractivity contribution in [2.75, 3.05) is 0 Å². The van der Waals surface area contributed by atoms with Crippen LogP contribution in [0, 0.1) is 5.82 Å². The molecule has 1 saturated heterocycles. The molecular formula is C23H27FN2O4S. The SMILES string of the molecule is C[C@H]1CC[C@H](c2ccccc2)S(=O)(=O)N1Cc1ccc([C@]2(C(N)=O)C[C@H](O)C2)cc1F. The molecule has 1 saturated carbocycles. The van der Waals surface area contributed by atoms with Gasteiger partial charge in [-0.1, -0.05) is 42.5 Å². The lowest BCUT2D eigenvalue weighted by Crippen LogP contribution is -2.53. The van der Waals surface area contributed by atoms with E-state index in [1.165, 1.54) is 16.4 Å². The Balaban J connectivity index is 1.61. The summed E-state index contributed by atoms with van der Waals surface area (Å²) >= 11 is 0. The highest BCUT2D eigenvalue weighted by atomic mass is 32.2. The van der Waals surface area contributed by atoms with E-state index >= 15 is 4.39 Å². The number of carbonyl (C=O) groups is 1. The number of nitrogens with two attached hydrogens (primary N) is 1. The molecule has 8 heteroatoms. The first-order valence-corrected chi connectivity index (χ1v) is 12.0. The molecular weight excluding hydrogens is 419 g/mol. The molecule has 1 amide bonds. The van der Waals surface area contributed by atoms with Gasteiger partial charge >= 0.3 is 0 Å². The van der Waals surface area contributed by atoms with Crippen molar-refractivity contribution in [2.45, 2.75) is 62.0 Å². The smallest absolute Gasteiger partial charge is 0.228 e. The van der Waals surface area contributed by atoms with E-state index in [4.69, 9.17) is 5.73 Å². The van der Waals surface area contributed by atoms with Crippen molar-refractivity contribution in [1.82, 2.24) is 4.31 Å². The number of benzene rings is 2. The number of carbonyl (C=O) groups excluding carboxylic acids is 1. The van der Waals surface area contributed by atoms with E-state index in [1.807, 2.05) is 37.3 Å². The van der Waals surface area contributed by atoms with E-state index in [0.717, 1.165) is 5.56 Å². The highest BCUT2D eigenvalue weighted by Gasteiger charge is 2.50. The van der Waals surface area contributed by atoms with E-state index in [9.17, 15) is 18.3 Å². The van der Waals surface area contributed by atoms with Crippen LogP contribution in [-0.2, 0) is 26.8 Å². The van der Waals surface area contributed by atoms with Gasteiger partial charge in [0.15, 0.2) is 0 Å². The number of hydrogen-bond donors (Lipinski definition) is 2. The number of halogens is 1. The van der Waals surface area contributed by atoms with Crippen LogP contribution >= 0.6 is 0 Å². The van der Waals surface area contributed by atoms with Gasteiger partial charge in [-0.15, -0.1) is 0 Å². The van der Waals surface area contributed by atoms with Gasteiger partial charge < -0.3 is 10.8 Å². The number of nitrogens with zero attached hydrogens (tertiary/aromatic N) is 1. The fourth-order valence-electron chi connectivity index (χ4n) is 4.82. The first-order valence-electron chi connectivity index (χ1n) is 10.5. The molecule has 2 aliphatic rings. The Labute approximate surface area is 181 Å². The average molecular weight is 447 g/mol. The third-order valence-electron chi connectivity index (χ3n) is 6.77. The van der Waals surface area contributed by atoms with Crippen LogP contribution in [0.2, 0.25) is 0 Å². The first kappa shape index (κ1) is 21.9. The molecule has 0 aromatic heterocycles. The van der Waals surface area contributed by atoms with Crippen molar-refractivity contribution in [3.63, 3.8) is 0 Å². The highest BCUT2D eigenvalue weighted by Crippen LogP contribution is 2.44. The lowest BCUT2D eigenvalue weighted by Gasteiger charge is -2.43. The lowest BCUT2D eigenvalue weighted by atomic mass is 9.62. The number of amides is 1. The summed E-state index contributed by atoms with van der Waals surface area (Å²) in [4.78, 5) is 12.0. The molecule has 6 nitrogen and oxygen atoms in total. The van der Waals surface area contributed by atoms with Crippen LogP contribution in [0.4, 0.5) is 4.39 Å². The first-order chi connectivity index (χ1) is 14.6. The number of rotatable bonds is 5. The van der Waals surface area contributed by atoms with Crippen LogP contribution in [0.1, 0.15) is 54.5 Å². The van der Waals surface area contributed by atoms with Crippen molar-refractivity contribution in [2.24, 2.45) is 5.73 Å². The number of primary amides is 1. The van der Waals surface area contributed by atoms with Crippen molar-refractivity contribution in [3.8, 4) is 0 Å². The zero-order chi connectivity index (χ0) is 22.4. The molecule has 1 heterocycles. The van der Waals surface area contributed by atoms with Crippen LogP contribution in [0.3, 0.4) is 0 Å². The Kier molecular flexibility index (Phi) is 5.66. The Morgan fingerprint density at radius 1 is 1.19 bits per heavy atom. The zero-order valence-corrected chi connectivity index (χ0v) is 18.2. The molecule has 0 spiro atoms. The number of hydrogen-bond acceptors (Lipinski definition) is 4. The summed E-state index contributed by atoms with van der Waals surface area (Å²) < 4.78 is 43.1. The van der Waals surface area contributed by atoms with Crippen LogP contribution in [-0.4, -0.2) is 35.9 Å². The second-order valence-corrected chi connectivity index (χ2v) is 10.8. The van der Waals surface area contributed by atoms with Crippen LogP contribution in [0.15, 0.2) is 48.5 Å². The average Bonchev–Trinajstić information content (AvgIpc) is 2.69. The van der Waals surface area contributed by atoms with E-state index in [2.05, 4.69) is 0 Å². The van der Waals surface area contributed by atoms with E-state index in [-0.39, 0.29) is 31.0 Å². The molecule has 1 aliphatic heterocycles. The van der Waals surface area contributed by atoms with Gasteiger partial charge in [0.05, 0.1) is 11.5 Å². The molecule has 0 bridgehead atoms. The van der Waals surface area contributed by atoms with Gasteiger partial charge in [-0.3, -0.25) is 4.79 Å². The topological polar surface area (TPSA) is 101 Å². The normalized spacial score (nSPS) is 30.5. The quantitative estimate of drug-likeness (QED) is 0.737. The molecule has 31 heavy (non-hydrogen) atoms. The van der Waals surface area contributed by atoms with E-state index < -0.39 is 38.5 Å². The maximum atomic E-state index is 15.0. The summed E-state index contributed by atoms with van der Waals surface area (Å²) in [5.74, 6) is -1.17. The highest BCUT2D eigenvalue weighted by molar-refractivity contribution is 7.89. The molecule has 0 radical (unpaired) electrons. The lowest BCUT2D eigenvalue weighted by molar-refractivity contribution is -0.131. The summed E-state index contributed by atoms with van der Waals surface area (Å²) in [6.45, 7) is 1.76. The van der Waals surface area contributed by atoms with Gasteiger partial charge in [-0.25, -0.2) is 12.8 Å². The van der Waals surface area contributed by atoms with Crippen LogP contribution < -0.4 is 5.73 Å². The predicted octanol–water partition coefficient (Wildman–Crippen LogP) is 2.76. The number of aliphatic hydroxyl groups excluding tert-OH is 1. The predicted molar refractivity (Wildman–Crippen MR) is 115 cm³/mol. The minimum Gasteiger partial charge on any atom is -0.393 e. The Bertz CT molecular complexity index is 1080. The molecule has 4 rings (SSSR count). The maximum absolute atomic E-state index is 15.0. The van der Waals surface area contributed by atoms with Gasteiger partial charge in [0.2, 0.25) is 15.9 Å². The third-order valence-corrected chi connectivity index (χ3v) is 9.14. The summed E-state index contributed by atoms with van der Waals surface area (Å²) in [6.07, 6.45) is 0.898. The molecule has 2 atom stereocenters. The molecule has 2 aromatic carbocycles. The molecule has 166 valence electrons. The van der Waals surface area contributed by atoms with Gasteiger partial charge in [0.1, 0.15) is 11.1 Å². The largest absolute Gasteiger partial charge is 0.393 e. The molecule has 2 fully saturated rings. The van der Waals surface area contributed by atoms with Crippen LogP contribution in [0.5, 0.6) is 0 Å². The second kappa shape index (κ2) is 8.00. The second-order valence-electron chi connectivity index (χ2n) is 8.73. The van der Waals surface area contributed by atoms with Crippen molar-refractivity contribution >= 4 is 15.9 Å². The van der Waals surface area contributed by atoms with Gasteiger partial charge in [0.25, 0.3) is 0 Å². The van der Waals surface area contributed by atoms with Crippen molar-refractivity contribution < 1.29 is 22.7 Å². The Morgan fingerprint density at radius 2 is 1.87 bits per heavy atom. The van der Waals surface area contributed by atoms with E-state index in [0.29, 0.717) is 18.4 Å².